The molecule has 0 saturated carbocycles. The van der Waals surface area contributed by atoms with Crippen LogP contribution in [0.1, 0.15) is 11.9 Å². The van der Waals surface area contributed by atoms with E-state index in [0.717, 1.165) is 18.9 Å². The third kappa shape index (κ3) is 1.73. The molecule has 78 valence electrons. The lowest BCUT2D eigenvalue weighted by Gasteiger charge is -2.22. The second-order valence-electron chi connectivity index (χ2n) is 2.89. The predicted octanol–water partition coefficient (Wildman–Crippen LogP) is 0.122. The van der Waals surface area contributed by atoms with Gasteiger partial charge in [-0.15, -0.1) is 12.4 Å². The number of imidazole rings is 1. The number of ether oxygens (including phenoxy) is 1. The Kier molecular flexibility index (Phi) is 3.49. The third-order valence-corrected chi connectivity index (χ3v) is 2.14. The molecule has 0 aromatic carbocycles. The maximum absolute atomic E-state index is 11.3. The molecule has 6 heteroatoms. The number of hydrogen-bond acceptors (Lipinski definition) is 4. The third-order valence-electron chi connectivity index (χ3n) is 2.14. The molecule has 1 unspecified atom stereocenters. The zero-order valence-corrected chi connectivity index (χ0v) is 8.58. The number of carbonyl (C=O) groups excluding carboxylic acids is 1. The molecule has 1 N–H and O–H groups in total. The minimum absolute atomic E-state index is 0. The van der Waals surface area contributed by atoms with Crippen LogP contribution in [0.15, 0.2) is 12.4 Å². The van der Waals surface area contributed by atoms with Gasteiger partial charge in [-0.25, -0.2) is 9.78 Å². The molecule has 0 spiro atoms. The highest BCUT2D eigenvalue weighted by atomic mass is 35.5. The second-order valence-corrected chi connectivity index (χ2v) is 2.89. The number of nitrogens with one attached hydrogen (secondary N) is 1. The summed E-state index contributed by atoms with van der Waals surface area (Å²) in [6.07, 6.45) is 3.56. The summed E-state index contributed by atoms with van der Waals surface area (Å²) < 4.78 is 6.62. The first-order valence-electron chi connectivity index (χ1n) is 4.15. The van der Waals surface area contributed by atoms with E-state index >= 15 is 0 Å². The quantitative estimate of drug-likeness (QED) is 0.679. The molecule has 14 heavy (non-hydrogen) atoms. The van der Waals surface area contributed by atoms with Crippen molar-refractivity contribution in [1.29, 1.82) is 0 Å². The second kappa shape index (κ2) is 4.43. The highest BCUT2D eigenvalue weighted by molar-refractivity contribution is 5.85. The number of methoxy groups -OCH3 is 1. The summed E-state index contributed by atoms with van der Waals surface area (Å²) in [5, 5.41) is 3.05. The maximum Gasteiger partial charge on any atom is 0.330 e. The van der Waals surface area contributed by atoms with Crippen molar-refractivity contribution in [2.45, 2.75) is 12.6 Å². The number of hydrogen-bond donors (Lipinski definition) is 1. The highest BCUT2D eigenvalue weighted by Gasteiger charge is 2.27. The lowest BCUT2D eigenvalue weighted by Crippen LogP contribution is -2.38. The molecule has 0 aliphatic carbocycles. The van der Waals surface area contributed by atoms with Crippen molar-refractivity contribution in [1.82, 2.24) is 14.9 Å². The number of fused-ring (bicyclic) bond motifs is 1. The molecular formula is C8H12ClN3O2. The molecular weight excluding hydrogens is 206 g/mol. The van der Waals surface area contributed by atoms with Gasteiger partial charge < -0.3 is 9.30 Å². The number of rotatable bonds is 1. The fraction of sp³-hybridized carbons (Fsp3) is 0.500. The van der Waals surface area contributed by atoms with Crippen LogP contribution in [0.4, 0.5) is 0 Å². The van der Waals surface area contributed by atoms with Crippen molar-refractivity contribution in [2.75, 3.05) is 13.7 Å². The summed E-state index contributed by atoms with van der Waals surface area (Å²) in [7, 11) is 1.38. The molecule has 0 fully saturated rings. The Bertz CT molecular complexity index is 326. The van der Waals surface area contributed by atoms with Gasteiger partial charge in [0.1, 0.15) is 5.82 Å². The summed E-state index contributed by atoms with van der Waals surface area (Å²) in [6, 6.07) is -0.409. The zero-order chi connectivity index (χ0) is 9.26. The van der Waals surface area contributed by atoms with Crippen LogP contribution in [0.2, 0.25) is 0 Å². The Balaban J connectivity index is 0.000000980. The summed E-state index contributed by atoms with van der Waals surface area (Å²) in [5.41, 5.74) is 0. The Morgan fingerprint density at radius 2 is 2.57 bits per heavy atom. The van der Waals surface area contributed by atoms with Crippen LogP contribution >= 0.6 is 12.4 Å². The van der Waals surface area contributed by atoms with Gasteiger partial charge in [0.15, 0.2) is 6.04 Å². The van der Waals surface area contributed by atoms with Gasteiger partial charge in [-0.05, 0) is 0 Å². The largest absolute Gasteiger partial charge is 0.468 e. The van der Waals surface area contributed by atoms with E-state index in [1.165, 1.54) is 7.11 Å². The SMILES string of the molecule is COC(=O)C1NCCn2ccnc21.Cl. The van der Waals surface area contributed by atoms with Crippen molar-refractivity contribution in [3.8, 4) is 0 Å². The van der Waals surface area contributed by atoms with E-state index in [4.69, 9.17) is 0 Å². The highest BCUT2D eigenvalue weighted by Crippen LogP contribution is 2.15. The summed E-state index contributed by atoms with van der Waals surface area (Å²) in [4.78, 5) is 15.4. The first-order chi connectivity index (χ1) is 6.33. The van der Waals surface area contributed by atoms with E-state index in [9.17, 15) is 4.79 Å². The van der Waals surface area contributed by atoms with E-state index in [1.807, 2.05) is 10.8 Å². The number of aromatic nitrogens is 2. The Morgan fingerprint density at radius 1 is 1.79 bits per heavy atom. The van der Waals surface area contributed by atoms with Gasteiger partial charge >= 0.3 is 5.97 Å². The molecule has 0 radical (unpaired) electrons. The first kappa shape index (κ1) is 11.0. The van der Waals surface area contributed by atoms with Crippen LogP contribution in [0.25, 0.3) is 0 Å². The Labute approximate surface area is 87.9 Å². The smallest absolute Gasteiger partial charge is 0.330 e. The minimum Gasteiger partial charge on any atom is -0.468 e. The van der Waals surface area contributed by atoms with E-state index < -0.39 is 6.04 Å². The van der Waals surface area contributed by atoms with E-state index in [-0.39, 0.29) is 18.4 Å². The minimum atomic E-state index is -0.409. The Hall–Kier alpha value is -1.07. The van der Waals surface area contributed by atoms with Gasteiger partial charge in [0, 0.05) is 25.5 Å². The van der Waals surface area contributed by atoms with Crippen molar-refractivity contribution in [3.05, 3.63) is 18.2 Å². The average molecular weight is 218 g/mol. The van der Waals surface area contributed by atoms with Crippen LogP contribution in [-0.2, 0) is 16.1 Å². The van der Waals surface area contributed by atoms with Crippen LogP contribution in [-0.4, -0.2) is 29.2 Å². The monoisotopic (exact) mass is 217 g/mol. The van der Waals surface area contributed by atoms with Crippen molar-refractivity contribution in [3.63, 3.8) is 0 Å². The van der Waals surface area contributed by atoms with Crippen LogP contribution in [0, 0.1) is 0 Å². The van der Waals surface area contributed by atoms with Gasteiger partial charge in [-0.2, -0.15) is 0 Å². The first-order valence-corrected chi connectivity index (χ1v) is 4.15. The molecule has 1 aliphatic rings. The standard InChI is InChI=1S/C8H11N3O2.ClH/c1-13-8(12)6-7-10-3-5-11(7)4-2-9-6;/h3,5-6,9H,2,4H2,1H3;1H. The zero-order valence-electron chi connectivity index (χ0n) is 7.77. The molecule has 1 aliphatic heterocycles. The van der Waals surface area contributed by atoms with Crippen LogP contribution in [0.3, 0.4) is 0 Å². The molecule has 1 aromatic heterocycles. The van der Waals surface area contributed by atoms with Crippen LogP contribution in [0.5, 0.6) is 0 Å². The summed E-state index contributed by atoms with van der Waals surface area (Å²) >= 11 is 0. The molecule has 0 saturated heterocycles. The number of carbonyl (C=O) groups is 1. The average Bonchev–Trinajstić information content (AvgIpc) is 2.63. The maximum atomic E-state index is 11.3. The molecule has 0 bridgehead atoms. The molecule has 1 aromatic rings. The topological polar surface area (TPSA) is 56.1 Å². The molecule has 2 heterocycles. The molecule has 5 nitrogen and oxygen atoms in total. The summed E-state index contributed by atoms with van der Waals surface area (Å²) in [6.45, 7) is 1.62. The van der Waals surface area contributed by atoms with E-state index in [2.05, 4.69) is 15.0 Å². The number of esters is 1. The normalized spacial score (nSPS) is 19.4. The van der Waals surface area contributed by atoms with E-state index in [0.29, 0.717) is 0 Å². The van der Waals surface area contributed by atoms with E-state index in [1.54, 1.807) is 6.20 Å². The molecule has 0 amide bonds. The number of halogens is 1. The van der Waals surface area contributed by atoms with Gasteiger partial charge in [0.25, 0.3) is 0 Å². The predicted molar refractivity (Wildman–Crippen MR) is 52.2 cm³/mol. The molecule has 1 atom stereocenters. The van der Waals surface area contributed by atoms with Crippen LogP contribution < -0.4 is 5.32 Å². The van der Waals surface area contributed by atoms with Crippen molar-refractivity contribution < 1.29 is 9.53 Å². The number of nitrogens with zero attached hydrogens (tertiary/aromatic N) is 2. The van der Waals surface area contributed by atoms with Crippen molar-refractivity contribution in [2.24, 2.45) is 0 Å². The van der Waals surface area contributed by atoms with Gasteiger partial charge in [0.2, 0.25) is 0 Å². The lowest BCUT2D eigenvalue weighted by molar-refractivity contribution is -0.143. The lowest BCUT2D eigenvalue weighted by atomic mass is 10.2. The van der Waals surface area contributed by atoms with Crippen molar-refractivity contribution >= 4 is 18.4 Å². The Morgan fingerprint density at radius 3 is 3.29 bits per heavy atom. The molecule has 2 rings (SSSR count). The van der Waals surface area contributed by atoms with Gasteiger partial charge in [-0.3, -0.25) is 5.32 Å². The van der Waals surface area contributed by atoms with Gasteiger partial charge in [-0.1, -0.05) is 0 Å². The fourth-order valence-corrected chi connectivity index (χ4v) is 1.50. The fourth-order valence-electron chi connectivity index (χ4n) is 1.50. The summed E-state index contributed by atoms with van der Waals surface area (Å²) in [5.74, 6) is 0.449. The van der Waals surface area contributed by atoms with Gasteiger partial charge in [0.05, 0.1) is 7.11 Å².